The van der Waals surface area contributed by atoms with Gasteiger partial charge in [-0.3, -0.25) is 9.59 Å². The van der Waals surface area contributed by atoms with E-state index in [0.29, 0.717) is 35.9 Å². The summed E-state index contributed by atoms with van der Waals surface area (Å²) in [6.07, 6.45) is 3.95. The Balaban J connectivity index is 1.39. The predicted molar refractivity (Wildman–Crippen MR) is 95.2 cm³/mol. The molecule has 1 aromatic carbocycles. The number of fused-ring (bicyclic) bond motifs is 5. The van der Waals surface area contributed by atoms with E-state index in [1.165, 1.54) is 0 Å². The summed E-state index contributed by atoms with van der Waals surface area (Å²) in [5.41, 5.74) is 1.69. The summed E-state index contributed by atoms with van der Waals surface area (Å²) < 4.78 is 0. The number of amides is 2. The van der Waals surface area contributed by atoms with Crippen LogP contribution in [-0.2, 0) is 4.79 Å². The molecule has 3 unspecified atom stereocenters. The number of para-hydroxylation sites is 1. The number of hydrogen-bond acceptors (Lipinski definition) is 2. The summed E-state index contributed by atoms with van der Waals surface area (Å²) in [5.74, 6) is 1.28. The summed E-state index contributed by atoms with van der Waals surface area (Å²) in [4.78, 5) is 32.7. The lowest BCUT2D eigenvalue weighted by Gasteiger charge is -2.52. The van der Waals surface area contributed by atoms with E-state index in [2.05, 4.69) is 9.88 Å². The van der Waals surface area contributed by atoms with E-state index < -0.39 is 0 Å². The third-order valence-corrected chi connectivity index (χ3v) is 6.23. The number of nitrogens with zero attached hydrogens (tertiary/aromatic N) is 2. The van der Waals surface area contributed by atoms with Gasteiger partial charge in [-0.25, -0.2) is 0 Å². The van der Waals surface area contributed by atoms with Gasteiger partial charge in [0.15, 0.2) is 0 Å². The summed E-state index contributed by atoms with van der Waals surface area (Å²) in [6.45, 7) is 2.37. The highest BCUT2D eigenvalue weighted by atomic mass is 16.2. The predicted octanol–water partition coefficient (Wildman–Crippen LogP) is 2.64. The number of nitrogens with one attached hydrogen (secondary N) is 1. The van der Waals surface area contributed by atoms with Crippen molar-refractivity contribution in [3.8, 4) is 0 Å². The third-order valence-electron chi connectivity index (χ3n) is 6.23. The van der Waals surface area contributed by atoms with Gasteiger partial charge in [0.1, 0.15) is 5.69 Å². The molecular weight excluding hydrogens is 314 g/mol. The molecule has 1 N–H and O–H groups in total. The molecule has 0 radical (unpaired) electrons. The lowest BCUT2D eigenvalue weighted by molar-refractivity contribution is -0.144. The Morgan fingerprint density at radius 3 is 2.92 bits per heavy atom. The average molecular weight is 337 g/mol. The Labute approximate surface area is 147 Å². The molecule has 3 fully saturated rings. The van der Waals surface area contributed by atoms with Crippen LogP contribution in [-0.4, -0.2) is 52.3 Å². The van der Waals surface area contributed by atoms with E-state index >= 15 is 0 Å². The van der Waals surface area contributed by atoms with Gasteiger partial charge in [0.05, 0.1) is 0 Å². The molecule has 3 saturated heterocycles. The van der Waals surface area contributed by atoms with E-state index in [9.17, 15) is 9.59 Å². The number of rotatable bonds is 1. The number of aromatic nitrogens is 1. The molecule has 2 bridgehead atoms. The third kappa shape index (κ3) is 2.44. The number of hydrogen-bond donors (Lipinski definition) is 1. The van der Waals surface area contributed by atoms with E-state index in [0.717, 1.165) is 49.8 Å². The Kier molecular flexibility index (Phi) is 3.37. The Hall–Kier alpha value is -2.30. The quantitative estimate of drug-likeness (QED) is 0.870. The zero-order valence-corrected chi connectivity index (χ0v) is 14.3. The van der Waals surface area contributed by atoms with Crippen LogP contribution >= 0.6 is 0 Å². The molecule has 3 aliphatic rings. The maximum absolute atomic E-state index is 13.0. The van der Waals surface area contributed by atoms with Crippen molar-refractivity contribution in [1.82, 2.24) is 14.8 Å². The minimum absolute atomic E-state index is 0.0986. The average Bonchev–Trinajstić information content (AvgIpc) is 3.06. The first-order valence-electron chi connectivity index (χ1n) is 9.35. The summed E-state index contributed by atoms with van der Waals surface area (Å²) in [6, 6.07) is 10.3. The van der Waals surface area contributed by atoms with Gasteiger partial charge >= 0.3 is 0 Å². The van der Waals surface area contributed by atoms with Crippen molar-refractivity contribution in [2.75, 3.05) is 19.6 Å². The van der Waals surface area contributed by atoms with Crippen molar-refractivity contribution < 1.29 is 9.59 Å². The molecule has 3 aliphatic heterocycles. The van der Waals surface area contributed by atoms with Gasteiger partial charge in [-0.2, -0.15) is 0 Å². The minimum Gasteiger partial charge on any atom is -0.351 e. The molecule has 2 aromatic rings. The maximum Gasteiger partial charge on any atom is 0.270 e. The lowest BCUT2D eigenvalue weighted by atomic mass is 9.76. The van der Waals surface area contributed by atoms with Crippen molar-refractivity contribution in [3.05, 3.63) is 36.0 Å². The second-order valence-electron chi connectivity index (χ2n) is 7.85. The Bertz CT molecular complexity index is 809. The summed E-state index contributed by atoms with van der Waals surface area (Å²) in [7, 11) is 0. The Morgan fingerprint density at radius 1 is 1.16 bits per heavy atom. The van der Waals surface area contributed by atoms with Gasteiger partial charge in [-0.15, -0.1) is 0 Å². The van der Waals surface area contributed by atoms with Crippen molar-refractivity contribution >= 4 is 22.7 Å². The van der Waals surface area contributed by atoms with Crippen LogP contribution in [0.15, 0.2) is 30.3 Å². The number of H-pyrrole nitrogens is 1. The molecule has 3 atom stereocenters. The molecule has 5 nitrogen and oxygen atoms in total. The van der Waals surface area contributed by atoms with Crippen LogP contribution in [0.1, 0.15) is 36.2 Å². The van der Waals surface area contributed by atoms with E-state index in [4.69, 9.17) is 0 Å². The molecule has 130 valence electrons. The van der Waals surface area contributed by atoms with Crippen LogP contribution in [0.25, 0.3) is 10.9 Å². The highest BCUT2D eigenvalue weighted by Crippen LogP contribution is 2.38. The first-order chi connectivity index (χ1) is 12.2. The number of carbonyl (C=O) groups is 2. The standard InChI is InChI=1S/C20H23N3O2/c24-19-7-3-6-18-15-8-13(11-23(18)19)10-22(12-15)20(25)17-9-14-4-1-2-5-16(14)21-17/h1-2,4-5,9,13,15,18,21H,3,6-8,10-12H2. The van der Waals surface area contributed by atoms with Crippen molar-refractivity contribution in [1.29, 1.82) is 0 Å². The molecule has 0 aliphatic carbocycles. The SMILES string of the molecule is O=C(c1cc2ccccc2[nH]1)N1CC2CC(C1)C1CCCC(=O)N1C2. The molecule has 5 rings (SSSR count). The van der Waals surface area contributed by atoms with Crippen molar-refractivity contribution in [2.24, 2.45) is 11.8 Å². The molecule has 0 saturated carbocycles. The van der Waals surface area contributed by atoms with Gasteiger partial charge in [0.25, 0.3) is 5.91 Å². The summed E-state index contributed by atoms with van der Waals surface area (Å²) in [5, 5.41) is 1.08. The monoisotopic (exact) mass is 337 g/mol. The molecule has 0 spiro atoms. The van der Waals surface area contributed by atoms with Crippen LogP contribution in [0.2, 0.25) is 0 Å². The van der Waals surface area contributed by atoms with Crippen LogP contribution in [0.4, 0.5) is 0 Å². The zero-order valence-electron chi connectivity index (χ0n) is 14.3. The first kappa shape index (κ1) is 15.0. The van der Waals surface area contributed by atoms with Gasteiger partial charge in [-0.05, 0) is 43.2 Å². The Morgan fingerprint density at radius 2 is 2.04 bits per heavy atom. The number of benzene rings is 1. The number of piperidine rings is 3. The second kappa shape index (κ2) is 5.61. The van der Waals surface area contributed by atoms with Crippen LogP contribution in [0.3, 0.4) is 0 Å². The van der Waals surface area contributed by atoms with Gasteiger partial charge < -0.3 is 14.8 Å². The van der Waals surface area contributed by atoms with E-state index in [-0.39, 0.29) is 5.91 Å². The topological polar surface area (TPSA) is 56.4 Å². The normalized spacial score (nSPS) is 29.0. The first-order valence-corrected chi connectivity index (χ1v) is 9.35. The fraction of sp³-hybridized carbons (Fsp3) is 0.500. The maximum atomic E-state index is 13.0. The molecule has 5 heteroatoms. The highest BCUT2D eigenvalue weighted by Gasteiger charge is 2.44. The van der Waals surface area contributed by atoms with Crippen LogP contribution in [0.5, 0.6) is 0 Å². The largest absolute Gasteiger partial charge is 0.351 e. The number of likely N-dealkylation sites (tertiary alicyclic amines) is 1. The van der Waals surface area contributed by atoms with Crippen molar-refractivity contribution in [3.63, 3.8) is 0 Å². The molecule has 4 heterocycles. The van der Waals surface area contributed by atoms with Gasteiger partial charge in [0.2, 0.25) is 5.91 Å². The van der Waals surface area contributed by atoms with Gasteiger partial charge in [-0.1, -0.05) is 18.2 Å². The second-order valence-corrected chi connectivity index (χ2v) is 7.85. The fourth-order valence-electron chi connectivity index (χ4n) is 5.13. The van der Waals surface area contributed by atoms with E-state index in [1.54, 1.807) is 0 Å². The molecular formula is C20H23N3O2. The molecule has 2 amide bonds. The number of carbonyl (C=O) groups excluding carboxylic acids is 2. The smallest absolute Gasteiger partial charge is 0.270 e. The number of aromatic amines is 1. The van der Waals surface area contributed by atoms with Crippen LogP contribution < -0.4 is 0 Å². The highest BCUT2D eigenvalue weighted by molar-refractivity contribution is 5.98. The van der Waals surface area contributed by atoms with Crippen molar-refractivity contribution in [2.45, 2.75) is 31.7 Å². The van der Waals surface area contributed by atoms with Crippen LogP contribution in [0, 0.1) is 11.8 Å². The molecule has 1 aromatic heterocycles. The zero-order chi connectivity index (χ0) is 17.0. The lowest BCUT2D eigenvalue weighted by Crippen LogP contribution is -2.61. The minimum atomic E-state index is 0.0986. The fourth-order valence-corrected chi connectivity index (χ4v) is 5.13. The summed E-state index contributed by atoms with van der Waals surface area (Å²) >= 11 is 0. The molecule has 25 heavy (non-hydrogen) atoms. The van der Waals surface area contributed by atoms with E-state index in [1.807, 2.05) is 35.2 Å². The van der Waals surface area contributed by atoms with Gasteiger partial charge in [0, 0.05) is 43.0 Å².